The van der Waals surface area contributed by atoms with Gasteiger partial charge in [-0.1, -0.05) is 0 Å². The van der Waals surface area contributed by atoms with Crippen molar-refractivity contribution in [1.29, 1.82) is 0 Å². The molecule has 2 aromatic rings. The SMILES string of the molecule is Cc1cc(-c2cnn(CC(F)(F)F)c2)c(C(=O)O)cn1. The van der Waals surface area contributed by atoms with Gasteiger partial charge in [0.15, 0.2) is 0 Å². The summed E-state index contributed by atoms with van der Waals surface area (Å²) in [6.07, 6.45) is -0.844. The van der Waals surface area contributed by atoms with E-state index in [1.807, 2.05) is 0 Å². The number of rotatable bonds is 3. The third-order valence-electron chi connectivity index (χ3n) is 2.56. The topological polar surface area (TPSA) is 68.0 Å². The second-order valence-corrected chi connectivity index (χ2v) is 4.22. The summed E-state index contributed by atoms with van der Waals surface area (Å²) in [6.45, 7) is 0.439. The molecule has 8 heteroatoms. The highest BCUT2D eigenvalue weighted by atomic mass is 19.4. The van der Waals surface area contributed by atoms with Crippen molar-refractivity contribution >= 4 is 5.97 Å². The normalized spacial score (nSPS) is 11.6. The van der Waals surface area contributed by atoms with Gasteiger partial charge in [-0.05, 0) is 13.0 Å². The Balaban J connectivity index is 2.42. The molecule has 0 bridgehead atoms. The minimum absolute atomic E-state index is 0.0813. The van der Waals surface area contributed by atoms with E-state index in [9.17, 15) is 18.0 Å². The van der Waals surface area contributed by atoms with Crippen molar-refractivity contribution in [2.24, 2.45) is 0 Å². The predicted octanol–water partition coefficient (Wildman–Crippen LogP) is 2.51. The van der Waals surface area contributed by atoms with Crippen LogP contribution in [-0.2, 0) is 6.54 Å². The van der Waals surface area contributed by atoms with Crippen LogP contribution in [0, 0.1) is 6.92 Å². The number of alkyl halides is 3. The molecule has 2 rings (SSSR count). The van der Waals surface area contributed by atoms with Crippen LogP contribution in [0.2, 0.25) is 0 Å². The van der Waals surface area contributed by atoms with Gasteiger partial charge in [-0.3, -0.25) is 9.67 Å². The molecule has 0 fully saturated rings. The molecule has 0 unspecified atom stereocenters. The van der Waals surface area contributed by atoms with Crippen LogP contribution in [0.1, 0.15) is 16.1 Å². The van der Waals surface area contributed by atoms with E-state index in [1.165, 1.54) is 18.5 Å². The molecule has 0 atom stereocenters. The molecular weight excluding hydrogens is 275 g/mol. The molecule has 106 valence electrons. The van der Waals surface area contributed by atoms with Gasteiger partial charge in [0.25, 0.3) is 0 Å². The number of aryl methyl sites for hydroxylation is 1. The zero-order valence-corrected chi connectivity index (χ0v) is 10.3. The number of aromatic carboxylic acids is 1. The van der Waals surface area contributed by atoms with E-state index >= 15 is 0 Å². The Morgan fingerprint density at radius 3 is 2.70 bits per heavy atom. The zero-order chi connectivity index (χ0) is 14.9. The van der Waals surface area contributed by atoms with Crippen LogP contribution in [0.15, 0.2) is 24.7 Å². The number of aromatic nitrogens is 3. The van der Waals surface area contributed by atoms with Crippen molar-refractivity contribution in [3.63, 3.8) is 0 Å². The minimum Gasteiger partial charge on any atom is -0.478 e. The summed E-state index contributed by atoms with van der Waals surface area (Å²) in [5.74, 6) is -1.20. The highest BCUT2D eigenvalue weighted by molar-refractivity contribution is 5.95. The standard InChI is InChI=1S/C12H10F3N3O2/c1-7-2-9(10(4-16-7)11(19)20)8-3-17-18(5-8)6-12(13,14)15/h2-5H,6H2,1H3,(H,19,20). The van der Waals surface area contributed by atoms with Gasteiger partial charge in [0.05, 0.1) is 11.8 Å². The van der Waals surface area contributed by atoms with Crippen LogP contribution in [0.3, 0.4) is 0 Å². The molecule has 0 saturated heterocycles. The Hall–Kier alpha value is -2.38. The lowest BCUT2D eigenvalue weighted by atomic mass is 10.0. The zero-order valence-electron chi connectivity index (χ0n) is 10.3. The van der Waals surface area contributed by atoms with Gasteiger partial charge in [0, 0.05) is 29.2 Å². The number of carboxylic acid groups (broad SMARTS) is 1. The second-order valence-electron chi connectivity index (χ2n) is 4.22. The number of pyridine rings is 1. The van der Waals surface area contributed by atoms with Gasteiger partial charge in [-0.25, -0.2) is 4.79 Å². The highest BCUT2D eigenvalue weighted by Gasteiger charge is 2.28. The summed E-state index contributed by atoms with van der Waals surface area (Å²) >= 11 is 0. The van der Waals surface area contributed by atoms with E-state index in [2.05, 4.69) is 10.1 Å². The fourth-order valence-electron chi connectivity index (χ4n) is 1.74. The second kappa shape index (κ2) is 4.95. The van der Waals surface area contributed by atoms with Crippen LogP contribution in [-0.4, -0.2) is 32.0 Å². The lowest BCUT2D eigenvalue weighted by Gasteiger charge is -2.06. The van der Waals surface area contributed by atoms with Crippen LogP contribution in [0.5, 0.6) is 0 Å². The van der Waals surface area contributed by atoms with Gasteiger partial charge in [0.2, 0.25) is 0 Å². The maximum absolute atomic E-state index is 12.3. The number of nitrogens with zero attached hydrogens (tertiary/aromatic N) is 3. The number of halogens is 3. The summed E-state index contributed by atoms with van der Waals surface area (Å²) < 4.78 is 37.5. The Morgan fingerprint density at radius 2 is 2.10 bits per heavy atom. The van der Waals surface area contributed by atoms with Crippen molar-refractivity contribution < 1.29 is 23.1 Å². The van der Waals surface area contributed by atoms with Gasteiger partial charge >= 0.3 is 12.1 Å². The van der Waals surface area contributed by atoms with Crippen molar-refractivity contribution in [3.8, 4) is 11.1 Å². The molecule has 5 nitrogen and oxygen atoms in total. The van der Waals surface area contributed by atoms with Crippen molar-refractivity contribution in [3.05, 3.63) is 35.9 Å². The first-order valence-corrected chi connectivity index (χ1v) is 5.56. The number of carboxylic acids is 1. The number of hydrogen-bond donors (Lipinski definition) is 1. The first kappa shape index (κ1) is 14.0. The van der Waals surface area contributed by atoms with Crippen LogP contribution < -0.4 is 0 Å². The third-order valence-corrected chi connectivity index (χ3v) is 2.56. The lowest BCUT2D eigenvalue weighted by Crippen LogP contribution is -2.17. The minimum atomic E-state index is -4.38. The van der Waals surface area contributed by atoms with E-state index < -0.39 is 18.7 Å². The van der Waals surface area contributed by atoms with E-state index in [0.717, 1.165) is 10.9 Å². The molecular formula is C12H10F3N3O2. The molecule has 20 heavy (non-hydrogen) atoms. The van der Waals surface area contributed by atoms with E-state index in [1.54, 1.807) is 6.92 Å². The fourth-order valence-corrected chi connectivity index (χ4v) is 1.74. The Labute approximate surface area is 111 Å². The highest BCUT2D eigenvalue weighted by Crippen LogP contribution is 2.25. The summed E-state index contributed by atoms with van der Waals surface area (Å²) in [5.41, 5.74) is 1.08. The van der Waals surface area contributed by atoms with Crippen molar-refractivity contribution in [2.45, 2.75) is 19.6 Å². The first-order valence-electron chi connectivity index (χ1n) is 5.56. The first-order chi connectivity index (χ1) is 9.26. The van der Waals surface area contributed by atoms with E-state index in [4.69, 9.17) is 5.11 Å². The average molecular weight is 285 g/mol. The smallest absolute Gasteiger partial charge is 0.408 e. The van der Waals surface area contributed by atoms with Gasteiger partial charge in [-0.2, -0.15) is 18.3 Å². The van der Waals surface area contributed by atoms with Crippen molar-refractivity contribution in [1.82, 2.24) is 14.8 Å². The van der Waals surface area contributed by atoms with Gasteiger partial charge < -0.3 is 5.11 Å². The maximum Gasteiger partial charge on any atom is 0.408 e. The largest absolute Gasteiger partial charge is 0.478 e. The molecule has 0 saturated carbocycles. The molecule has 2 aromatic heterocycles. The monoisotopic (exact) mass is 285 g/mol. The number of hydrogen-bond acceptors (Lipinski definition) is 3. The molecule has 0 aliphatic carbocycles. The summed E-state index contributed by atoms with van der Waals surface area (Å²) in [4.78, 5) is 15.0. The summed E-state index contributed by atoms with van der Waals surface area (Å²) in [5, 5.41) is 12.7. The molecule has 0 aliphatic heterocycles. The average Bonchev–Trinajstić information content (AvgIpc) is 2.74. The molecule has 2 heterocycles. The summed E-state index contributed by atoms with van der Waals surface area (Å²) in [7, 11) is 0. The fraction of sp³-hybridized carbons (Fsp3) is 0.250. The number of carbonyl (C=O) groups is 1. The Morgan fingerprint density at radius 1 is 1.40 bits per heavy atom. The Kier molecular flexibility index (Phi) is 3.47. The lowest BCUT2D eigenvalue weighted by molar-refractivity contribution is -0.142. The molecule has 0 aliphatic rings. The van der Waals surface area contributed by atoms with E-state index in [0.29, 0.717) is 16.8 Å². The van der Waals surface area contributed by atoms with Crippen molar-refractivity contribution in [2.75, 3.05) is 0 Å². The molecule has 0 spiro atoms. The quantitative estimate of drug-likeness (QED) is 0.940. The van der Waals surface area contributed by atoms with Gasteiger partial charge in [-0.15, -0.1) is 0 Å². The van der Waals surface area contributed by atoms with Crippen LogP contribution in [0.4, 0.5) is 13.2 Å². The summed E-state index contributed by atoms with van der Waals surface area (Å²) in [6, 6.07) is 1.50. The van der Waals surface area contributed by atoms with Gasteiger partial charge in [0.1, 0.15) is 6.54 Å². The van der Waals surface area contributed by atoms with Crippen LogP contribution >= 0.6 is 0 Å². The molecule has 0 aromatic carbocycles. The maximum atomic E-state index is 12.3. The molecule has 0 radical (unpaired) electrons. The Bertz CT molecular complexity index is 650. The molecule has 0 amide bonds. The predicted molar refractivity (Wildman–Crippen MR) is 63.2 cm³/mol. The van der Waals surface area contributed by atoms with E-state index in [-0.39, 0.29) is 5.56 Å². The van der Waals surface area contributed by atoms with Crippen LogP contribution in [0.25, 0.3) is 11.1 Å². The molecule has 1 N–H and O–H groups in total. The third kappa shape index (κ3) is 3.14.